The van der Waals surface area contributed by atoms with Crippen molar-refractivity contribution >= 4 is 34.3 Å². The third-order valence-corrected chi connectivity index (χ3v) is 1.92. The molecule has 66 valence electrons. The summed E-state index contributed by atoms with van der Waals surface area (Å²) in [4.78, 5) is 8.09. The maximum atomic E-state index is 5.77. The number of anilines is 2. The Morgan fingerprint density at radius 1 is 1.00 bits per heavy atom. The zero-order valence-corrected chi connectivity index (χ0v) is 7.42. The minimum atomic E-state index is 0.231. The van der Waals surface area contributed by atoms with E-state index in [9.17, 15) is 0 Å². The Balaban J connectivity index is 2.81. The van der Waals surface area contributed by atoms with E-state index in [-0.39, 0.29) is 11.6 Å². The van der Waals surface area contributed by atoms with Crippen LogP contribution in [0.5, 0.6) is 0 Å². The van der Waals surface area contributed by atoms with E-state index in [4.69, 9.17) is 23.1 Å². The average molecular weight is 195 g/mol. The molecule has 13 heavy (non-hydrogen) atoms. The highest BCUT2D eigenvalue weighted by Crippen LogP contribution is 2.19. The zero-order chi connectivity index (χ0) is 9.42. The highest BCUT2D eigenvalue weighted by atomic mass is 35.5. The molecule has 0 atom stereocenters. The molecule has 0 saturated heterocycles. The van der Waals surface area contributed by atoms with E-state index in [0.29, 0.717) is 16.1 Å². The summed E-state index contributed by atoms with van der Waals surface area (Å²) < 4.78 is 0. The fraction of sp³-hybridized carbons (Fsp3) is 0. The summed E-state index contributed by atoms with van der Waals surface area (Å²) >= 11 is 5.77. The Kier molecular flexibility index (Phi) is 1.70. The highest BCUT2D eigenvalue weighted by molar-refractivity contribution is 6.31. The van der Waals surface area contributed by atoms with Crippen LogP contribution in [0, 0.1) is 0 Å². The van der Waals surface area contributed by atoms with Crippen LogP contribution in [0.3, 0.4) is 0 Å². The number of fused-ring (bicyclic) bond motifs is 1. The van der Waals surface area contributed by atoms with Crippen LogP contribution in [0.1, 0.15) is 0 Å². The fourth-order valence-electron chi connectivity index (χ4n) is 1.05. The molecule has 5 heteroatoms. The summed E-state index contributed by atoms with van der Waals surface area (Å²) in [6, 6.07) is 5.17. The molecule has 0 aliphatic rings. The van der Waals surface area contributed by atoms with Crippen molar-refractivity contribution < 1.29 is 0 Å². The van der Waals surface area contributed by atoms with Crippen molar-refractivity contribution in [1.82, 2.24) is 9.97 Å². The normalized spacial score (nSPS) is 10.5. The monoisotopic (exact) mass is 194 g/mol. The van der Waals surface area contributed by atoms with Crippen molar-refractivity contribution in [3.63, 3.8) is 0 Å². The van der Waals surface area contributed by atoms with Gasteiger partial charge in [0.15, 0.2) is 11.6 Å². The summed E-state index contributed by atoms with van der Waals surface area (Å²) in [6.45, 7) is 0. The van der Waals surface area contributed by atoms with E-state index in [1.54, 1.807) is 18.2 Å². The number of halogens is 1. The fourth-order valence-corrected chi connectivity index (χ4v) is 1.22. The van der Waals surface area contributed by atoms with E-state index in [2.05, 4.69) is 9.97 Å². The quantitative estimate of drug-likeness (QED) is 0.666. The van der Waals surface area contributed by atoms with Crippen LogP contribution in [0.15, 0.2) is 18.2 Å². The molecule has 0 fully saturated rings. The summed E-state index contributed by atoms with van der Waals surface area (Å²) in [5.74, 6) is 0.476. The number of aromatic nitrogens is 2. The van der Waals surface area contributed by atoms with E-state index in [0.717, 1.165) is 0 Å². The lowest BCUT2D eigenvalue weighted by atomic mass is 10.3. The second-order valence-corrected chi connectivity index (χ2v) is 3.06. The number of rotatable bonds is 0. The number of hydrogen-bond acceptors (Lipinski definition) is 4. The number of nitrogen functional groups attached to an aromatic ring is 2. The standard InChI is InChI=1S/C8H7ClN4/c9-4-1-2-5-6(3-4)13-8(11)7(10)12-5/h1-3H,(H2,10,12)(H2,11,13). The van der Waals surface area contributed by atoms with Crippen molar-refractivity contribution in [2.24, 2.45) is 0 Å². The number of nitrogens with zero attached hydrogens (tertiary/aromatic N) is 2. The molecular formula is C8H7ClN4. The molecule has 0 saturated carbocycles. The van der Waals surface area contributed by atoms with Crippen LogP contribution in [-0.4, -0.2) is 9.97 Å². The molecule has 2 aromatic rings. The van der Waals surface area contributed by atoms with Gasteiger partial charge in [-0.1, -0.05) is 11.6 Å². The summed E-state index contributed by atoms with van der Waals surface area (Å²) in [7, 11) is 0. The molecule has 1 heterocycles. The minimum absolute atomic E-state index is 0.231. The van der Waals surface area contributed by atoms with Gasteiger partial charge >= 0.3 is 0 Å². The molecule has 1 aromatic heterocycles. The topological polar surface area (TPSA) is 77.8 Å². The Bertz CT molecular complexity index is 469. The lowest BCUT2D eigenvalue weighted by Crippen LogP contribution is -2.00. The van der Waals surface area contributed by atoms with Gasteiger partial charge in [-0.2, -0.15) is 0 Å². The maximum Gasteiger partial charge on any atom is 0.166 e. The number of nitrogens with two attached hydrogens (primary N) is 2. The predicted molar refractivity (Wildman–Crippen MR) is 53.4 cm³/mol. The van der Waals surface area contributed by atoms with E-state index in [1.165, 1.54) is 0 Å². The first-order chi connectivity index (χ1) is 6.16. The molecule has 0 aliphatic carbocycles. The largest absolute Gasteiger partial charge is 0.381 e. The molecule has 4 nitrogen and oxygen atoms in total. The second kappa shape index (κ2) is 2.74. The molecule has 0 amide bonds. The Morgan fingerprint density at radius 2 is 1.62 bits per heavy atom. The first-order valence-corrected chi connectivity index (χ1v) is 4.03. The zero-order valence-electron chi connectivity index (χ0n) is 6.66. The maximum absolute atomic E-state index is 5.77. The number of benzene rings is 1. The molecular weight excluding hydrogens is 188 g/mol. The Hall–Kier alpha value is -1.55. The first-order valence-electron chi connectivity index (χ1n) is 3.65. The van der Waals surface area contributed by atoms with Gasteiger partial charge in [0.1, 0.15) is 0 Å². The first kappa shape index (κ1) is 8.07. The lowest BCUT2D eigenvalue weighted by molar-refractivity contribution is 1.31. The predicted octanol–water partition coefficient (Wildman–Crippen LogP) is 1.45. The van der Waals surface area contributed by atoms with Gasteiger partial charge in [-0.3, -0.25) is 0 Å². The molecule has 1 aromatic carbocycles. The molecule has 0 unspecified atom stereocenters. The van der Waals surface area contributed by atoms with Gasteiger partial charge in [0.25, 0.3) is 0 Å². The minimum Gasteiger partial charge on any atom is -0.381 e. The molecule has 0 spiro atoms. The third kappa shape index (κ3) is 1.36. The Morgan fingerprint density at radius 3 is 2.31 bits per heavy atom. The summed E-state index contributed by atoms with van der Waals surface area (Å²) in [6.07, 6.45) is 0. The lowest BCUT2D eigenvalue weighted by Gasteiger charge is -2.01. The SMILES string of the molecule is Nc1nc2ccc(Cl)cc2nc1N. The van der Waals surface area contributed by atoms with Gasteiger partial charge in [-0.05, 0) is 18.2 Å². The van der Waals surface area contributed by atoms with E-state index in [1.807, 2.05) is 0 Å². The van der Waals surface area contributed by atoms with Crippen LogP contribution in [0.25, 0.3) is 11.0 Å². The van der Waals surface area contributed by atoms with Gasteiger partial charge < -0.3 is 11.5 Å². The second-order valence-electron chi connectivity index (χ2n) is 2.63. The van der Waals surface area contributed by atoms with Crippen LogP contribution >= 0.6 is 11.6 Å². The molecule has 0 aliphatic heterocycles. The molecule has 0 bridgehead atoms. The summed E-state index contributed by atoms with van der Waals surface area (Å²) in [5.41, 5.74) is 12.3. The van der Waals surface area contributed by atoms with Gasteiger partial charge in [0.2, 0.25) is 0 Å². The van der Waals surface area contributed by atoms with Crippen LogP contribution in [-0.2, 0) is 0 Å². The van der Waals surface area contributed by atoms with Crippen molar-refractivity contribution in [2.45, 2.75) is 0 Å². The third-order valence-electron chi connectivity index (χ3n) is 1.68. The Labute approximate surface area is 79.5 Å². The number of hydrogen-bond donors (Lipinski definition) is 2. The van der Waals surface area contributed by atoms with E-state index < -0.39 is 0 Å². The van der Waals surface area contributed by atoms with Gasteiger partial charge in [-0.25, -0.2) is 9.97 Å². The smallest absolute Gasteiger partial charge is 0.166 e. The van der Waals surface area contributed by atoms with Crippen LogP contribution in [0.2, 0.25) is 5.02 Å². The molecule has 4 N–H and O–H groups in total. The van der Waals surface area contributed by atoms with Crippen molar-refractivity contribution in [2.75, 3.05) is 11.5 Å². The van der Waals surface area contributed by atoms with Crippen molar-refractivity contribution in [3.8, 4) is 0 Å². The molecule has 0 radical (unpaired) electrons. The van der Waals surface area contributed by atoms with Gasteiger partial charge in [-0.15, -0.1) is 0 Å². The molecule has 2 rings (SSSR count). The van der Waals surface area contributed by atoms with E-state index >= 15 is 0 Å². The average Bonchev–Trinajstić information content (AvgIpc) is 2.08. The highest BCUT2D eigenvalue weighted by Gasteiger charge is 2.02. The van der Waals surface area contributed by atoms with Crippen molar-refractivity contribution in [3.05, 3.63) is 23.2 Å². The van der Waals surface area contributed by atoms with Crippen LogP contribution < -0.4 is 11.5 Å². The van der Waals surface area contributed by atoms with Crippen LogP contribution in [0.4, 0.5) is 11.6 Å². The van der Waals surface area contributed by atoms with Gasteiger partial charge in [0.05, 0.1) is 11.0 Å². The summed E-state index contributed by atoms with van der Waals surface area (Å²) in [5, 5.41) is 0.603. The van der Waals surface area contributed by atoms with Crippen molar-refractivity contribution in [1.29, 1.82) is 0 Å². The van der Waals surface area contributed by atoms with Gasteiger partial charge in [0, 0.05) is 5.02 Å².